The van der Waals surface area contributed by atoms with Crippen molar-refractivity contribution in [2.24, 2.45) is 0 Å². The number of benzene rings is 2. The van der Waals surface area contributed by atoms with Gasteiger partial charge in [-0.25, -0.2) is 0 Å². The van der Waals surface area contributed by atoms with Crippen molar-refractivity contribution in [3.05, 3.63) is 59.7 Å². The van der Waals surface area contributed by atoms with E-state index in [2.05, 4.69) is 12.2 Å². The van der Waals surface area contributed by atoms with Gasteiger partial charge in [0.15, 0.2) is 6.10 Å². The second-order valence-corrected chi connectivity index (χ2v) is 6.25. The molecule has 0 saturated carbocycles. The summed E-state index contributed by atoms with van der Waals surface area (Å²) in [7, 11) is 0. The summed E-state index contributed by atoms with van der Waals surface area (Å²) in [4.78, 5) is 12.3. The van der Waals surface area contributed by atoms with Crippen LogP contribution < -0.4 is 14.8 Å². The average Bonchev–Trinajstić information content (AvgIpc) is 2.59. The molecule has 25 heavy (non-hydrogen) atoms. The summed E-state index contributed by atoms with van der Waals surface area (Å²) in [6.07, 6.45) is 0.437. The number of hydrogen-bond donors (Lipinski definition) is 1. The highest BCUT2D eigenvalue weighted by Gasteiger charge is 2.15. The Labute approximate surface area is 150 Å². The summed E-state index contributed by atoms with van der Waals surface area (Å²) < 4.78 is 11.5. The van der Waals surface area contributed by atoms with E-state index in [1.807, 2.05) is 62.4 Å². The number of ether oxygens (including phenoxy) is 2. The minimum Gasteiger partial charge on any atom is -0.491 e. The average molecular weight is 341 g/mol. The fraction of sp³-hybridized carbons (Fsp3) is 0.381. The predicted molar refractivity (Wildman–Crippen MR) is 100.0 cm³/mol. The molecule has 2 aromatic carbocycles. The molecular weight excluding hydrogens is 314 g/mol. The summed E-state index contributed by atoms with van der Waals surface area (Å²) in [5, 5.41) is 2.92. The zero-order valence-electron chi connectivity index (χ0n) is 15.4. The lowest BCUT2D eigenvalue weighted by molar-refractivity contribution is -0.127. The molecule has 0 fully saturated rings. The fourth-order valence-electron chi connectivity index (χ4n) is 2.49. The van der Waals surface area contributed by atoms with Crippen molar-refractivity contribution >= 4 is 5.91 Å². The molecule has 1 amide bonds. The highest BCUT2D eigenvalue weighted by Crippen LogP contribution is 2.20. The summed E-state index contributed by atoms with van der Waals surface area (Å²) in [6, 6.07) is 15.6. The van der Waals surface area contributed by atoms with Gasteiger partial charge >= 0.3 is 0 Å². The summed E-state index contributed by atoms with van der Waals surface area (Å²) in [6.45, 7) is 8.25. The van der Waals surface area contributed by atoms with Crippen molar-refractivity contribution in [2.45, 2.75) is 52.9 Å². The molecule has 0 spiro atoms. The molecule has 134 valence electrons. The maximum Gasteiger partial charge on any atom is 0.261 e. The van der Waals surface area contributed by atoms with E-state index in [9.17, 15) is 4.79 Å². The highest BCUT2D eigenvalue weighted by atomic mass is 16.5. The second-order valence-electron chi connectivity index (χ2n) is 6.25. The van der Waals surface area contributed by atoms with Gasteiger partial charge in [-0.05, 0) is 56.5 Å². The van der Waals surface area contributed by atoms with Crippen molar-refractivity contribution in [1.29, 1.82) is 0 Å². The first-order valence-corrected chi connectivity index (χ1v) is 8.77. The Morgan fingerprint density at radius 1 is 1.04 bits per heavy atom. The Morgan fingerprint density at radius 3 is 2.52 bits per heavy atom. The minimum atomic E-state index is -0.553. The third kappa shape index (κ3) is 5.82. The van der Waals surface area contributed by atoms with Gasteiger partial charge < -0.3 is 14.8 Å². The van der Waals surface area contributed by atoms with Gasteiger partial charge in [0.1, 0.15) is 11.5 Å². The van der Waals surface area contributed by atoms with E-state index in [0.29, 0.717) is 6.54 Å². The number of hydrogen-bond acceptors (Lipinski definition) is 3. The number of carbonyl (C=O) groups excluding carboxylic acids is 1. The van der Waals surface area contributed by atoms with Gasteiger partial charge in [-0.15, -0.1) is 0 Å². The molecule has 0 saturated heterocycles. The lowest BCUT2D eigenvalue weighted by atomic mass is 10.1. The summed E-state index contributed by atoms with van der Waals surface area (Å²) in [5.74, 6) is 1.43. The minimum absolute atomic E-state index is 0.122. The monoisotopic (exact) mass is 341 g/mol. The topological polar surface area (TPSA) is 47.6 Å². The Bertz CT molecular complexity index is 697. The maximum absolute atomic E-state index is 12.3. The van der Waals surface area contributed by atoms with Crippen LogP contribution in [0, 0.1) is 0 Å². The van der Waals surface area contributed by atoms with Crippen LogP contribution in [0.5, 0.6) is 11.5 Å². The molecule has 2 rings (SSSR count). The number of rotatable bonds is 8. The van der Waals surface area contributed by atoms with Gasteiger partial charge in [0.05, 0.1) is 6.10 Å². The van der Waals surface area contributed by atoms with Crippen molar-refractivity contribution in [1.82, 2.24) is 5.32 Å². The van der Waals surface area contributed by atoms with Gasteiger partial charge in [-0.1, -0.05) is 37.3 Å². The molecule has 0 heterocycles. The molecule has 0 aromatic heterocycles. The Balaban J connectivity index is 1.91. The van der Waals surface area contributed by atoms with Gasteiger partial charge in [0.25, 0.3) is 5.91 Å². The van der Waals surface area contributed by atoms with Crippen LogP contribution in [0.1, 0.15) is 38.8 Å². The molecule has 1 N–H and O–H groups in total. The number of para-hydroxylation sites is 1. The SMILES string of the molecule is CCc1ccccc1OC(C)C(=O)NCc1cccc(OC(C)C)c1. The normalized spacial score (nSPS) is 11.9. The maximum atomic E-state index is 12.3. The zero-order valence-corrected chi connectivity index (χ0v) is 15.4. The smallest absolute Gasteiger partial charge is 0.261 e. The third-order valence-corrected chi connectivity index (χ3v) is 3.76. The van der Waals surface area contributed by atoms with E-state index in [4.69, 9.17) is 9.47 Å². The second kappa shape index (κ2) is 9.11. The number of aryl methyl sites for hydroxylation is 1. The van der Waals surface area contributed by atoms with Crippen molar-refractivity contribution < 1.29 is 14.3 Å². The lowest BCUT2D eigenvalue weighted by Crippen LogP contribution is -2.36. The molecule has 0 radical (unpaired) electrons. The van der Waals surface area contributed by atoms with E-state index < -0.39 is 6.10 Å². The number of carbonyl (C=O) groups is 1. The lowest BCUT2D eigenvalue weighted by Gasteiger charge is -2.17. The zero-order chi connectivity index (χ0) is 18.2. The van der Waals surface area contributed by atoms with E-state index in [0.717, 1.165) is 29.0 Å². The molecule has 0 aliphatic heterocycles. The Kier molecular flexibility index (Phi) is 6.87. The molecule has 0 aliphatic rings. The van der Waals surface area contributed by atoms with Crippen LogP contribution in [0.3, 0.4) is 0 Å². The van der Waals surface area contributed by atoms with Crippen LogP contribution in [-0.4, -0.2) is 18.1 Å². The van der Waals surface area contributed by atoms with E-state index >= 15 is 0 Å². The van der Waals surface area contributed by atoms with Crippen LogP contribution in [0.25, 0.3) is 0 Å². The van der Waals surface area contributed by atoms with Crippen molar-refractivity contribution in [3.63, 3.8) is 0 Å². The molecule has 0 aliphatic carbocycles. The van der Waals surface area contributed by atoms with Crippen molar-refractivity contribution in [3.8, 4) is 11.5 Å². The standard InChI is InChI=1S/C21H27NO3/c1-5-18-10-6-7-12-20(18)25-16(4)21(23)22-14-17-9-8-11-19(13-17)24-15(2)3/h6-13,15-16H,5,14H2,1-4H3,(H,22,23). The number of amides is 1. The predicted octanol–water partition coefficient (Wildman–Crippen LogP) is 4.12. The first-order valence-electron chi connectivity index (χ1n) is 8.77. The fourth-order valence-corrected chi connectivity index (χ4v) is 2.49. The van der Waals surface area contributed by atoms with Crippen molar-refractivity contribution in [2.75, 3.05) is 0 Å². The molecular formula is C21H27NO3. The summed E-state index contributed by atoms with van der Waals surface area (Å²) >= 11 is 0. The highest BCUT2D eigenvalue weighted by molar-refractivity contribution is 5.80. The Morgan fingerprint density at radius 2 is 1.80 bits per heavy atom. The van der Waals surface area contributed by atoms with Gasteiger partial charge in [-0.2, -0.15) is 0 Å². The molecule has 4 heteroatoms. The van der Waals surface area contributed by atoms with Crippen LogP contribution in [0.4, 0.5) is 0 Å². The largest absolute Gasteiger partial charge is 0.491 e. The van der Waals surface area contributed by atoms with Crippen LogP contribution in [0.15, 0.2) is 48.5 Å². The van der Waals surface area contributed by atoms with Gasteiger partial charge in [0, 0.05) is 6.54 Å². The molecule has 2 aromatic rings. The van der Waals surface area contributed by atoms with E-state index in [1.165, 1.54) is 0 Å². The third-order valence-electron chi connectivity index (χ3n) is 3.76. The number of nitrogens with one attached hydrogen (secondary N) is 1. The Hall–Kier alpha value is -2.49. The first kappa shape index (κ1) is 18.8. The van der Waals surface area contributed by atoms with E-state index in [-0.39, 0.29) is 12.0 Å². The van der Waals surface area contributed by atoms with Crippen LogP contribution in [0.2, 0.25) is 0 Å². The first-order chi connectivity index (χ1) is 12.0. The van der Waals surface area contributed by atoms with Crippen LogP contribution >= 0.6 is 0 Å². The van der Waals surface area contributed by atoms with E-state index in [1.54, 1.807) is 6.92 Å². The molecule has 0 bridgehead atoms. The van der Waals surface area contributed by atoms with Crippen LogP contribution in [-0.2, 0) is 17.8 Å². The molecule has 4 nitrogen and oxygen atoms in total. The van der Waals surface area contributed by atoms with Gasteiger partial charge in [0.2, 0.25) is 0 Å². The summed E-state index contributed by atoms with van der Waals surface area (Å²) in [5.41, 5.74) is 2.09. The molecule has 1 atom stereocenters. The quantitative estimate of drug-likeness (QED) is 0.786. The molecule has 1 unspecified atom stereocenters. The van der Waals surface area contributed by atoms with Gasteiger partial charge in [-0.3, -0.25) is 4.79 Å².